The Balaban J connectivity index is 2.00. The van der Waals surface area contributed by atoms with E-state index in [1.165, 1.54) is 17.4 Å². The average molecular weight is 335 g/mol. The van der Waals surface area contributed by atoms with Gasteiger partial charge in [0, 0.05) is 13.2 Å². The molecule has 0 saturated heterocycles. The quantitative estimate of drug-likeness (QED) is 0.782. The van der Waals surface area contributed by atoms with Gasteiger partial charge in [0.25, 0.3) is 0 Å². The van der Waals surface area contributed by atoms with Crippen LogP contribution >= 0.6 is 11.3 Å². The van der Waals surface area contributed by atoms with Crippen molar-refractivity contribution in [2.24, 2.45) is 0 Å². The van der Waals surface area contributed by atoms with Gasteiger partial charge in [0.1, 0.15) is 11.6 Å². The number of carbonyl (C=O) groups excluding carboxylic acids is 1. The summed E-state index contributed by atoms with van der Waals surface area (Å²) in [5.41, 5.74) is 0.815. The Hall–Kier alpha value is -2.45. The van der Waals surface area contributed by atoms with Crippen molar-refractivity contribution < 1.29 is 19.0 Å². The molecule has 0 aliphatic carbocycles. The first-order valence-electron chi connectivity index (χ1n) is 6.68. The van der Waals surface area contributed by atoms with Crippen molar-refractivity contribution in [1.82, 2.24) is 10.2 Å². The Morgan fingerprint density at radius 2 is 2.00 bits per heavy atom. The highest BCUT2D eigenvalue weighted by Crippen LogP contribution is 2.28. The minimum atomic E-state index is -0.292. The van der Waals surface area contributed by atoms with E-state index >= 15 is 0 Å². The summed E-state index contributed by atoms with van der Waals surface area (Å²) in [4.78, 5) is 11.9. The summed E-state index contributed by atoms with van der Waals surface area (Å²) in [6.45, 7) is 0.370. The van der Waals surface area contributed by atoms with Crippen LogP contribution in [0.5, 0.6) is 11.5 Å². The fourth-order valence-corrected chi connectivity index (χ4v) is 2.48. The van der Waals surface area contributed by atoms with Crippen LogP contribution in [0.4, 0.5) is 5.13 Å². The Labute approximate surface area is 137 Å². The van der Waals surface area contributed by atoms with Crippen LogP contribution in [0.25, 0.3) is 6.08 Å². The largest absolute Gasteiger partial charge is 0.493 e. The number of nitrogens with one attached hydrogen (secondary N) is 1. The highest BCUT2D eigenvalue weighted by atomic mass is 32.1. The van der Waals surface area contributed by atoms with Crippen LogP contribution in [-0.2, 0) is 16.1 Å². The van der Waals surface area contributed by atoms with Crippen molar-refractivity contribution >= 4 is 28.5 Å². The molecule has 1 N–H and O–H groups in total. The number of hydrogen-bond acceptors (Lipinski definition) is 7. The fraction of sp³-hybridized carbons (Fsp3) is 0.267. The molecule has 7 nitrogen and oxygen atoms in total. The summed E-state index contributed by atoms with van der Waals surface area (Å²) in [6, 6.07) is 5.38. The molecule has 0 atom stereocenters. The van der Waals surface area contributed by atoms with Gasteiger partial charge in [0.2, 0.25) is 11.0 Å². The lowest BCUT2D eigenvalue weighted by Crippen LogP contribution is -2.07. The van der Waals surface area contributed by atoms with Crippen molar-refractivity contribution in [2.45, 2.75) is 6.61 Å². The zero-order valence-corrected chi connectivity index (χ0v) is 13.8. The number of rotatable bonds is 7. The number of hydrogen-bond donors (Lipinski definition) is 1. The second-order valence-electron chi connectivity index (χ2n) is 4.37. The number of amides is 1. The third kappa shape index (κ3) is 4.76. The molecule has 1 aromatic heterocycles. The van der Waals surface area contributed by atoms with E-state index < -0.39 is 0 Å². The first-order valence-corrected chi connectivity index (χ1v) is 7.50. The second kappa shape index (κ2) is 8.25. The van der Waals surface area contributed by atoms with Crippen LogP contribution in [0.15, 0.2) is 24.3 Å². The van der Waals surface area contributed by atoms with E-state index in [1.807, 2.05) is 6.07 Å². The smallest absolute Gasteiger partial charge is 0.250 e. The molecule has 0 bridgehead atoms. The topological polar surface area (TPSA) is 82.6 Å². The predicted octanol–water partition coefficient (Wildman–Crippen LogP) is 2.35. The van der Waals surface area contributed by atoms with Crippen LogP contribution in [0.1, 0.15) is 10.6 Å². The normalized spacial score (nSPS) is 10.7. The van der Waals surface area contributed by atoms with Gasteiger partial charge in [0.15, 0.2) is 11.5 Å². The fourth-order valence-electron chi connectivity index (χ4n) is 1.76. The van der Waals surface area contributed by atoms with Crippen LogP contribution in [0.3, 0.4) is 0 Å². The number of carbonyl (C=O) groups is 1. The van der Waals surface area contributed by atoms with Crippen LogP contribution < -0.4 is 14.8 Å². The molecule has 0 aliphatic heterocycles. The number of benzene rings is 1. The van der Waals surface area contributed by atoms with E-state index in [2.05, 4.69) is 15.5 Å². The molecule has 1 aromatic carbocycles. The molecule has 0 radical (unpaired) electrons. The van der Waals surface area contributed by atoms with Gasteiger partial charge in [-0.25, -0.2) is 0 Å². The summed E-state index contributed by atoms with van der Waals surface area (Å²) in [5.74, 6) is 0.942. The maximum absolute atomic E-state index is 11.9. The molecule has 122 valence electrons. The first kappa shape index (κ1) is 16.9. The summed E-state index contributed by atoms with van der Waals surface area (Å²) in [5, 5.41) is 11.5. The lowest BCUT2D eigenvalue weighted by Gasteiger charge is -2.07. The third-order valence-electron chi connectivity index (χ3n) is 2.80. The van der Waals surface area contributed by atoms with Gasteiger partial charge >= 0.3 is 0 Å². The summed E-state index contributed by atoms with van der Waals surface area (Å²) in [6.07, 6.45) is 3.09. The number of aromatic nitrogens is 2. The molecular weight excluding hydrogens is 318 g/mol. The number of nitrogens with zero attached hydrogens (tertiary/aromatic N) is 2. The molecule has 0 saturated carbocycles. The van der Waals surface area contributed by atoms with Crippen LogP contribution in [0, 0.1) is 0 Å². The molecule has 0 fully saturated rings. The van der Waals surface area contributed by atoms with Crippen molar-refractivity contribution in [3.05, 3.63) is 34.8 Å². The van der Waals surface area contributed by atoms with E-state index in [-0.39, 0.29) is 5.91 Å². The predicted molar refractivity (Wildman–Crippen MR) is 87.8 cm³/mol. The molecular formula is C15H17N3O4S. The summed E-state index contributed by atoms with van der Waals surface area (Å²) in [7, 11) is 4.71. The van der Waals surface area contributed by atoms with E-state index in [0.717, 1.165) is 5.56 Å². The monoisotopic (exact) mass is 335 g/mol. The Kier molecular flexibility index (Phi) is 6.07. The van der Waals surface area contributed by atoms with Gasteiger partial charge in [-0.3, -0.25) is 10.1 Å². The highest BCUT2D eigenvalue weighted by molar-refractivity contribution is 7.15. The van der Waals surface area contributed by atoms with Crippen LogP contribution in [0.2, 0.25) is 0 Å². The zero-order chi connectivity index (χ0) is 16.7. The van der Waals surface area contributed by atoms with Gasteiger partial charge < -0.3 is 14.2 Å². The lowest BCUT2D eigenvalue weighted by atomic mass is 10.2. The van der Waals surface area contributed by atoms with E-state index in [9.17, 15) is 4.79 Å². The average Bonchev–Trinajstić information content (AvgIpc) is 3.00. The first-order chi connectivity index (χ1) is 11.2. The van der Waals surface area contributed by atoms with Crippen molar-refractivity contribution in [3.8, 4) is 11.5 Å². The van der Waals surface area contributed by atoms with E-state index in [1.54, 1.807) is 39.5 Å². The van der Waals surface area contributed by atoms with Gasteiger partial charge in [0.05, 0.1) is 14.2 Å². The molecule has 1 heterocycles. The third-order valence-corrected chi connectivity index (χ3v) is 3.61. The van der Waals surface area contributed by atoms with Gasteiger partial charge in [-0.15, -0.1) is 10.2 Å². The van der Waals surface area contributed by atoms with Crippen molar-refractivity contribution in [1.29, 1.82) is 0 Å². The molecule has 2 aromatic rings. The van der Waals surface area contributed by atoms with Gasteiger partial charge in [-0.1, -0.05) is 17.4 Å². The number of ether oxygens (including phenoxy) is 3. The number of anilines is 1. The minimum absolute atomic E-state index is 0.292. The molecule has 2 rings (SSSR count). The summed E-state index contributed by atoms with van der Waals surface area (Å²) < 4.78 is 15.3. The molecule has 23 heavy (non-hydrogen) atoms. The van der Waals surface area contributed by atoms with Crippen LogP contribution in [-0.4, -0.2) is 37.4 Å². The van der Waals surface area contributed by atoms with Gasteiger partial charge in [-0.2, -0.15) is 0 Å². The molecule has 0 aliphatic rings. The molecule has 8 heteroatoms. The second-order valence-corrected chi connectivity index (χ2v) is 5.43. The molecule has 1 amide bonds. The Morgan fingerprint density at radius 1 is 1.22 bits per heavy atom. The summed E-state index contributed by atoms with van der Waals surface area (Å²) >= 11 is 1.27. The molecule has 0 spiro atoms. The van der Waals surface area contributed by atoms with Crippen molar-refractivity contribution in [2.75, 3.05) is 26.6 Å². The molecule has 0 unspecified atom stereocenters. The zero-order valence-electron chi connectivity index (χ0n) is 13.0. The SMILES string of the molecule is COCc1nnc(NC(=O)/C=C/c2ccc(OC)c(OC)c2)s1. The Morgan fingerprint density at radius 3 is 2.70 bits per heavy atom. The minimum Gasteiger partial charge on any atom is -0.493 e. The van der Waals surface area contributed by atoms with E-state index in [0.29, 0.717) is 28.2 Å². The highest BCUT2D eigenvalue weighted by Gasteiger charge is 2.06. The Bertz CT molecular complexity index is 700. The maximum atomic E-state index is 11.9. The standard InChI is InChI=1S/C15H17N3O4S/c1-20-9-14-17-18-15(23-14)16-13(19)7-5-10-4-6-11(21-2)12(8-10)22-3/h4-8H,9H2,1-3H3,(H,16,18,19)/b7-5+. The maximum Gasteiger partial charge on any atom is 0.250 e. The number of methoxy groups -OCH3 is 3. The van der Waals surface area contributed by atoms with E-state index in [4.69, 9.17) is 14.2 Å². The van der Waals surface area contributed by atoms with Gasteiger partial charge in [-0.05, 0) is 23.8 Å². The van der Waals surface area contributed by atoms with Crippen molar-refractivity contribution in [3.63, 3.8) is 0 Å². The lowest BCUT2D eigenvalue weighted by molar-refractivity contribution is -0.111.